The van der Waals surface area contributed by atoms with Crippen LogP contribution in [0.2, 0.25) is 0 Å². The summed E-state index contributed by atoms with van der Waals surface area (Å²) in [6.45, 7) is 0. The van der Waals surface area contributed by atoms with Gasteiger partial charge >= 0.3 is 11.7 Å². The molecule has 0 aliphatic heterocycles. The summed E-state index contributed by atoms with van der Waals surface area (Å²) in [5.74, 6) is 0. The van der Waals surface area contributed by atoms with Crippen molar-refractivity contribution in [2.45, 2.75) is 16.7 Å². The van der Waals surface area contributed by atoms with Crippen LogP contribution in [0.3, 0.4) is 0 Å². The fourth-order valence-electron chi connectivity index (χ4n) is 0.692. The maximum atomic E-state index is 12.6. The Hall–Kier alpha value is -0.500. The number of rotatable bonds is 3. The molecule has 1 aromatic rings. The molecular weight excluding hydrogens is 302 g/mol. The fourth-order valence-corrected chi connectivity index (χ4v) is 1.71. The second-order valence-electron chi connectivity index (χ2n) is 2.45. The molecule has 1 atom stereocenters. The SMILES string of the molecule is O=S(c1ccc(Br)cn1)C(F)(F)C(F)F. The molecule has 2 nitrogen and oxygen atoms in total. The molecule has 0 aromatic carbocycles. The van der Waals surface area contributed by atoms with Gasteiger partial charge in [0.2, 0.25) is 0 Å². The van der Waals surface area contributed by atoms with E-state index < -0.39 is 27.5 Å². The van der Waals surface area contributed by atoms with E-state index in [1.165, 1.54) is 6.07 Å². The van der Waals surface area contributed by atoms with E-state index in [9.17, 15) is 21.8 Å². The predicted molar refractivity (Wildman–Crippen MR) is 49.3 cm³/mol. The third-order valence-electron chi connectivity index (χ3n) is 1.39. The molecule has 0 bridgehead atoms. The molecule has 0 aliphatic carbocycles. The van der Waals surface area contributed by atoms with Crippen molar-refractivity contribution in [3.05, 3.63) is 22.8 Å². The average Bonchev–Trinajstić information content (AvgIpc) is 2.17. The molecule has 0 radical (unpaired) electrons. The van der Waals surface area contributed by atoms with Crippen LogP contribution < -0.4 is 0 Å². The highest BCUT2D eigenvalue weighted by Gasteiger charge is 2.48. The molecule has 1 unspecified atom stereocenters. The van der Waals surface area contributed by atoms with Crippen molar-refractivity contribution in [3.63, 3.8) is 0 Å². The summed E-state index contributed by atoms with van der Waals surface area (Å²) in [7, 11) is -3.15. The van der Waals surface area contributed by atoms with Crippen LogP contribution >= 0.6 is 15.9 Å². The lowest BCUT2D eigenvalue weighted by Gasteiger charge is -2.13. The predicted octanol–water partition coefficient (Wildman–Crippen LogP) is 2.81. The van der Waals surface area contributed by atoms with Crippen molar-refractivity contribution in [2.75, 3.05) is 0 Å². The average molecular weight is 306 g/mol. The Morgan fingerprint density at radius 1 is 1.40 bits per heavy atom. The van der Waals surface area contributed by atoms with Crippen LogP contribution in [0.15, 0.2) is 27.8 Å². The lowest BCUT2D eigenvalue weighted by atomic mass is 10.5. The van der Waals surface area contributed by atoms with Crippen LogP contribution in [0.25, 0.3) is 0 Å². The molecular formula is C7H4BrF4NOS. The number of halogens is 5. The highest BCUT2D eigenvalue weighted by molar-refractivity contribution is 9.10. The molecule has 1 heterocycles. The summed E-state index contributed by atoms with van der Waals surface area (Å²) in [6, 6.07) is 2.29. The van der Waals surface area contributed by atoms with Gasteiger partial charge in [-0.05, 0) is 28.1 Å². The van der Waals surface area contributed by atoms with E-state index in [1.807, 2.05) is 0 Å². The third-order valence-corrected chi connectivity index (χ3v) is 3.15. The van der Waals surface area contributed by atoms with Crippen LogP contribution in [0.5, 0.6) is 0 Å². The first-order valence-electron chi connectivity index (χ1n) is 3.55. The number of nitrogens with zero attached hydrogens (tertiary/aromatic N) is 1. The first kappa shape index (κ1) is 12.6. The van der Waals surface area contributed by atoms with E-state index in [-0.39, 0.29) is 0 Å². The van der Waals surface area contributed by atoms with Gasteiger partial charge in [0.05, 0.1) is 0 Å². The molecule has 0 saturated heterocycles. The van der Waals surface area contributed by atoms with Gasteiger partial charge in [-0.25, -0.2) is 18.0 Å². The van der Waals surface area contributed by atoms with Crippen molar-refractivity contribution in [1.29, 1.82) is 0 Å². The summed E-state index contributed by atoms with van der Waals surface area (Å²) < 4.78 is 60.4. The van der Waals surface area contributed by atoms with Gasteiger partial charge in [0.1, 0.15) is 15.8 Å². The molecule has 0 spiro atoms. The monoisotopic (exact) mass is 305 g/mol. The molecule has 0 fully saturated rings. The van der Waals surface area contributed by atoms with Gasteiger partial charge in [-0.1, -0.05) is 0 Å². The summed E-state index contributed by atoms with van der Waals surface area (Å²) >= 11 is 2.98. The number of hydrogen-bond donors (Lipinski definition) is 0. The Morgan fingerprint density at radius 2 is 2.00 bits per heavy atom. The zero-order chi connectivity index (χ0) is 11.6. The van der Waals surface area contributed by atoms with Crippen LogP contribution in [-0.4, -0.2) is 20.9 Å². The second-order valence-corrected chi connectivity index (χ2v) is 4.86. The standard InChI is InChI=1S/C7H4BrF4NOS/c8-4-1-2-5(13-3-4)15(14)7(11,12)6(9)10/h1-3,6H. The number of pyridine rings is 1. The minimum Gasteiger partial charge on any atom is -0.246 e. The molecule has 0 aliphatic rings. The highest BCUT2D eigenvalue weighted by atomic mass is 79.9. The zero-order valence-electron chi connectivity index (χ0n) is 6.96. The molecule has 1 aromatic heterocycles. The topological polar surface area (TPSA) is 30.0 Å². The van der Waals surface area contributed by atoms with Crippen molar-refractivity contribution in [2.24, 2.45) is 0 Å². The van der Waals surface area contributed by atoms with Gasteiger partial charge in [-0.15, -0.1) is 0 Å². The summed E-state index contributed by atoms with van der Waals surface area (Å²) in [4.78, 5) is 3.37. The molecule has 84 valence electrons. The smallest absolute Gasteiger partial charge is 0.246 e. The van der Waals surface area contributed by atoms with E-state index in [4.69, 9.17) is 0 Å². The molecule has 0 amide bonds. The largest absolute Gasteiger partial charge is 0.386 e. The number of aromatic nitrogens is 1. The number of hydrogen-bond acceptors (Lipinski definition) is 2. The third kappa shape index (κ3) is 2.75. The molecule has 0 saturated carbocycles. The van der Waals surface area contributed by atoms with Gasteiger partial charge in [0.25, 0.3) is 0 Å². The van der Waals surface area contributed by atoms with Crippen molar-refractivity contribution in [3.8, 4) is 0 Å². The van der Waals surface area contributed by atoms with E-state index in [0.29, 0.717) is 4.47 Å². The van der Waals surface area contributed by atoms with Crippen LogP contribution in [0.4, 0.5) is 17.6 Å². The Morgan fingerprint density at radius 3 is 2.40 bits per heavy atom. The second kappa shape index (κ2) is 4.56. The zero-order valence-corrected chi connectivity index (χ0v) is 9.37. The Bertz CT molecular complexity index is 370. The van der Waals surface area contributed by atoms with E-state index in [2.05, 4.69) is 20.9 Å². The van der Waals surface area contributed by atoms with Crippen LogP contribution in [0.1, 0.15) is 0 Å². The first-order chi connectivity index (χ1) is 6.85. The van der Waals surface area contributed by atoms with Crippen LogP contribution in [0, 0.1) is 0 Å². The quantitative estimate of drug-likeness (QED) is 0.804. The summed E-state index contributed by atoms with van der Waals surface area (Å²) in [5, 5.41) is -5.16. The van der Waals surface area contributed by atoms with Crippen LogP contribution in [-0.2, 0) is 10.8 Å². The molecule has 15 heavy (non-hydrogen) atoms. The molecule has 8 heteroatoms. The molecule has 0 N–H and O–H groups in total. The van der Waals surface area contributed by atoms with Crippen molar-refractivity contribution < 1.29 is 21.8 Å². The summed E-state index contributed by atoms with van der Waals surface area (Å²) in [6.07, 6.45) is -2.88. The van der Waals surface area contributed by atoms with Gasteiger partial charge in [-0.3, -0.25) is 0 Å². The van der Waals surface area contributed by atoms with Gasteiger partial charge in [-0.2, -0.15) is 8.78 Å². The normalized spacial score (nSPS) is 14.3. The summed E-state index contributed by atoms with van der Waals surface area (Å²) in [5.41, 5.74) is 0. The minimum atomic E-state index is -4.58. The Labute approximate surface area is 93.3 Å². The van der Waals surface area contributed by atoms with E-state index in [0.717, 1.165) is 12.3 Å². The molecule has 1 rings (SSSR count). The fraction of sp³-hybridized carbons (Fsp3) is 0.286. The van der Waals surface area contributed by atoms with E-state index >= 15 is 0 Å². The maximum Gasteiger partial charge on any atom is 0.386 e. The van der Waals surface area contributed by atoms with Gasteiger partial charge in [0.15, 0.2) is 0 Å². The van der Waals surface area contributed by atoms with E-state index in [1.54, 1.807) is 0 Å². The lowest BCUT2D eigenvalue weighted by Crippen LogP contribution is -2.32. The van der Waals surface area contributed by atoms with Gasteiger partial charge < -0.3 is 0 Å². The van der Waals surface area contributed by atoms with Crippen molar-refractivity contribution in [1.82, 2.24) is 4.98 Å². The highest BCUT2D eigenvalue weighted by Crippen LogP contribution is 2.30. The Kier molecular flexibility index (Phi) is 3.82. The van der Waals surface area contributed by atoms with Gasteiger partial charge in [0, 0.05) is 10.7 Å². The minimum absolute atomic E-state index is 0.476. The number of alkyl halides is 4. The Balaban J connectivity index is 3.00. The maximum absolute atomic E-state index is 12.6. The first-order valence-corrected chi connectivity index (χ1v) is 5.49. The lowest BCUT2D eigenvalue weighted by molar-refractivity contribution is -0.0603. The van der Waals surface area contributed by atoms with Crippen molar-refractivity contribution >= 4 is 26.7 Å².